The van der Waals surface area contributed by atoms with E-state index in [0.717, 1.165) is 40.4 Å². The summed E-state index contributed by atoms with van der Waals surface area (Å²) in [6.45, 7) is 4.68. The second kappa shape index (κ2) is 6.76. The van der Waals surface area contributed by atoms with Crippen LogP contribution in [0.1, 0.15) is 34.5 Å². The third-order valence-electron chi connectivity index (χ3n) is 5.67. The molecule has 1 aliphatic rings. The molecule has 0 spiro atoms. The molecule has 0 bridgehead atoms. The maximum atomic E-state index is 6.07. The number of hydrogen-bond donors (Lipinski definition) is 1. The molecule has 9 nitrogen and oxygen atoms in total. The van der Waals surface area contributed by atoms with E-state index in [1.807, 2.05) is 48.7 Å². The fraction of sp³-hybridized carbons (Fsp3) is 0.227. The van der Waals surface area contributed by atoms with Crippen LogP contribution in [-0.4, -0.2) is 41.3 Å². The van der Waals surface area contributed by atoms with Crippen molar-refractivity contribution in [3.05, 3.63) is 77.3 Å². The molecule has 31 heavy (non-hydrogen) atoms. The molecule has 0 aliphatic carbocycles. The molecular formula is C22H20N8O. The Morgan fingerprint density at radius 3 is 2.87 bits per heavy atom. The molecule has 0 fully saturated rings. The summed E-state index contributed by atoms with van der Waals surface area (Å²) in [5, 5.41) is 13.5. The average Bonchev–Trinajstić information content (AvgIpc) is 3.52. The van der Waals surface area contributed by atoms with E-state index in [1.54, 1.807) is 6.33 Å². The van der Waals surface area contributed by atoms with Gasteiger partial charge in [-0.3, -0.25) is 0 Å². The number of nitrogens with zero attached hydrogens (tertiary/aromatic N) is 7. The van der Waals surface area contributed by atoms with Gasteiger partial charge in [0, 0.05) is 30.0 Å². The van der Waals surface area contributed by atoms with Gasteiger partial charge in [0.2, 0.25) is 0 Å². The van der Waals surface area contributed by atoms with Gasteiger partial charge >= 0.3 is 6.01 Å². The molecule has 1 aliphatic heterocycles. The van der Waals surface area contributed by atoms with Gasteiger partial charge in [-0.05, 0) is 44.2 Å². The summed E-state index contributed by atoms with van der Waals surface area (Å²) in [6, 6.07) is 14.2. The molecule has 5 aromatic rings. The minimum Gasteiger partial charge on any atom is -0.402 e. The van der Waals surface area contributed by atoms with Crippen LogP contribution in [0.15, 0.2) is 53.2 Å². The Hall–Kier alpha value is -4.01. The number of imidazole rings is 1. The number of H-pyrrole nitrogens is 1. The normalized spacial score (nSPS) is 16.1. The number of anilines is 1. The van der Waals surface area contributed by atoms with Crippen molar-refractivity contribution < 1.29 is 4.42 Å². The predicted octanol–water partition coefficient (Wildman–Crippen LogP) is 3.27. The molecule has 9 heteroatoms. The molecule has 0 aromatic carbocycles. The van der Waals surface area contributed by atoms with Crippen LogP contribution in [0, 0.1) is 13.8 Å². The van der Waals surface area contributed by atoms with Crippen LogP contribution < -0.4 is 4.90 Å². The van der Waals surface area contributed by atoms with E-state index in [1.165, 1.54) is 0 Å². The first-order valence-electron chi connectivity index (χ1n) is 10.2. The Morgan fingerprint density at radius 2 is 2.00 bits per heavy atom. The van der Waals surface area contributed by atoms with Crippen molar-refractivity contribution >= 4 is 11.5 Å². The van der Waals surface area contributed by atoms with Crippen LogP contribution in [0.3, 0.4) is 0 Å². The highest BCUT2D eigenvalue weighted by atomic mass is 16.4. The maximum Gasteiger partial charge on any atom is 0.319 e. The first-order chi connectivity index (χ1) is 15.2. The summed E-state index contributed by atoms with van der Waals surface area (Å²) in [5.41, 5.74) is 6.59. The van der Waals surface area contributed by atoms with Gasteiger partial charge in [-0.15, -0.1) is 5.10 Å². The van der Waals surface area contributed by atoms with Gasteiger partial charge in [-0.2, -0.15) is 5.10 Å². The molecule has 0 saturated carbocycles. The second-order valence-corrected chi connectivity index (χ2v) is 7.74. The quantitative estimate of drug-likeness (QED) is 0.485. The molecule has 0 unspecified atom stereocenters. The summed E-state index contributed by atoms with van der Waals surface area (Å²) in [5.74, 6) is 0.399. The number of nitrogens with one attached hydrogen (secondary N) is 1. The molecule has 154 valence electrons. The molecular weight excluding hydrogens is 392 g/mol. The van der Waals surface area contributed by atoms with Crippen molar-refractivity contribution in [2.24, 2.45) is 0 Å². The highest BCUT2D eigenvalue weighted by Crippen LogP contribution is 2.37. The Morgan fingerprint density at radius 1 is 1.10 bits per heavy atom. The van der Waals surface area contributed by atoms with E-state index in [-0.39, 0.29) is 6.04 Å². The van der Waals surface area contributed by atoms with Crippen molar-refractivity contribution in [2.45, 2.75) is 26.3 Å². The number of rotatable bonds is 3. The highest BCUT2D eigenvalue weighted by molar-refractivity contribution is 5.54. The molecule has 6 heterocycles. The molecule has 6 rings (SSSR count). The summed E-state index contributed by atoms with van der Waals surface area (Å²) in [4.78, 5) is 14.4. The highest BCUT2D eigenvalue weighted by Gasteiger charge is 2.36. The predicted molar refractivity (Wildman–Crippen MR) is 114 cm³/mol. The van der Waals surface area contributed by atoms with Gasteiger partial charge in [0.25, 0.3) is 5.89 Å². The van der Waals surface area contributed by atoms with E-state index in [4.69, 9.17) is 9.52 Å². The van der Waals surface area contributed by atoms with E-state index < -0.39 is 0 Å². The number of hydrogen-bond acceptors (Lipinski definition) is 7. The number of pyridine rings is 2. The third-order valence-corrected chi connectivity index (χ3v) is 5.67. The first kappa shape index (κ1) is 17.8. The Labute approximate surface area is 177 Å². The van der Waals surface area contributed by atoms with Crippen LogP contribution in [0.5, 0.6) is 0 Å². The molecule has 1 N–H and O–H groups in total. The lowest BCUT2D eigenvalue weighted by Crippen LogP contribution is -2.37. The lowest BCUT2D eigenvalue weighted by atomic mass is 10.0. The molecule has 1 atom stereocenters. The Bertz CT molecular complexity index is 1400. The fourth-order valence-electron chi connectivity index (χ4n) is 4.19. The van der Waals surface area contributed by atoms with Crippen molar-refractivity contribution in [2.75, 3.05) is 11.4 Å². The van der Waals surface area contributed by atoms with E-state index >= 15 is 0 Å². The lowest BCUT2D eigenvalue weighted by molar-refractivity contribution is 0.502. The van der Waals surface area contributed by atoms with Crippen molar-refractivity contribution in [1.82, 2.24) is 34.8 Å². The lowest BCUT2D eigenvalue weighted by Gasteiger charge is -2.32. The van der Waals surface area contributed by atoms with Gasteiger partial charge < -0.3 is 14.3 Å². The molecule has 0 saturated heterocycles. The van der Waals surface area contributed by atoms with Gasteiger partial charge in [0.05, 0.1) is 23.2 Å². The van der Waals surface area contributed by atoms with Crippen LogP contribution in [-0.2, 0) is 6.42 Å². The number of fused-ring (bicyclic) bond motifs is 2. The Kier molecular flexibility index (Phi) is 3.89. The van der Waals surface area contributed by atoms with E-state index in [0.29, 0.717) is 24.1 Å². The zero-order valence-corrected chi connectivity index (χ0v) is 17.1. The number of aromatic amines is 1. The maximum absolute atomic E-state index is 6.07. The summed E-state index contributed by atoms with van der Waals surface area (Å²) in [6.07, 6.45) is 2.54. The smallest absolute Gasteiger partial charge is 0.319 e. The SMILES string of the molecule is Cc1cccc(-c2nnc(N3CCc4[nH]cnc4[C@@H]3c3cc4cccc(C)n4n3)o2)n1. The standard InChI is InChI=1S/C22H20N8O/c1-13-5-3-8-17(25-13)21-26-27-22(31-21)29-10-9-16-19(24-12-23-16)20(29)18-11-15-7-4-6-14(2)30(15)28-18/h3-8,11-12,20H,9-10H2,1-2H3,(H,23,24)/t20-/m0/s1. The minimum atomic E-state index is -0.229. The number of aromatic nitrogens is 7. The second-order valence-electron chi connectivity index (χ2n) is 7.74. The van der Waals surface area contributed by atoms with Crippen LogP contribution in [0.25, 0.3) is 17.1 Å². The largest absolute Gasteiger partial charge is 0.402 e. The van der Waals surface area contributed by atoms with E-state index in [9.17, 15) is 0 Å². The van der Waals surface area contributed by atoms with Crippen molar-refractivity contribution in [1.29, 1.82) is 0 Å². The van der Waals surface area contributed by atoms with Crippen molar-refractivity contribution in [3.8, 4) is 11.6 Å². The van der Waals surface area contributed by atoms with Crippen molar-refractivity contribution in [3.63, 3.8) is 0 Å². The van der Waals surface area contributed by atoms with Gasteiger partial charge in [0.1, 0.15) is 11.7 Å². The minimum absolute atomic E-state index is 0.229. The summed E-state index contributed by atoms with van der Waals surface area (Å²) < 4.78 is 8.02. The topological polar surface area (TPSA) is 101 Å². The van der Waals surface area contributed by atoms with Gasteiger partial charge in [0.15, 0.2) is 0 Å². The monoisotopic (exact) mass is 412 g/mol. The average molecular weight is 412 g/mol. The van der Waals surface area contributed by atoms with Gasteiger partial charge in [-0.25, -0.2) is 14.5 Å². The van der Waals surface area contributed by atoms with Crippen LogP contribution in [0.2, 0.25) is 0 Å². The van der Waals surface area contributed by atoms with Crippen LogP contribution in [0.4, 0.5) is 6.01 Å². The van der Waals surface area contributed by atoms with Gasteiger partial charge in [-0.1, -0.05) is 17.2 Å². The molecule has 0 radical (unpaired) electrons. The van der Waals surface area contributed by atoms with Crippen LogP contribution >= 0.6 is 0 Å². The molecule has 0 amide bonds. The number of aryl methyl sites for hydroxylation is 2. The third kappa shape index (κ3) is 2.89. The fourth-order valence-corrected chi connectivity index (χ4v) is 4.19. The zero-order chi connectivity index (χ0) is 20.9. The Balaban J connectivity index is 1.45. The first-order valence-corrected chi connectivity index (χ1v) is 10.2. The summed E-state index contributed by atoms with van der Waals surface area (Å²) >= 11 is 0. The van der Waals surface area contributed by atoms with E-state index in [2.05, 4.69) is 42.2 Å². The molecule has 5 aromatic heterocycles. The summed E-state index contributed by atoms with van der Waals surface area (Å²) in [7, 11) is 0. The zero-order valence-electron chi connectivity index (χ0n) is 17.1.